The molecule has 1 aliphatic heterocycles. The van der Waals surface area contributed by atoms with Crippen LogP contribution in [-0.4, -0.2) is 55.2 Å². The van der Waals surface area contributed by atoms with Gasteiger partial charge in [0.2, 0.25) is 0 Å². The van der Waals surface area contributed by atoms with Gasteiger partial charge < -0.3 is 24.1 Å². The smallest absolute Gasteiger partial charge is 0.409 e. The van der Waals surface area contributed by atoms with Crippen molar-refractivity contribution >= 4 is 40.0 Å². The second-order valence-corrected chi connectivity index (χ2v) is 6.39. The quantitative estimate of drug-likeness (QED) is 0.551. The minimum atomic E-state index is -0.634. The number of piperidine rings is 1. The molecule has 2 amide bonds. The third-order valence-electron chi connectivity index (χ3n) is 3.71. The van der Waals surface area contributed by atoms with E-state index in [1.807, 2.05) is 0 Å². The van der Waals surface area contributed by atoms with Gasteiger partial charge in [-0.15, -0.1) is 0 Å². The summed E-state index contributed by atoms with van der Waals surface area (Å²) in [6.07, 6.45) is 3.57. The number of carbonyl (C=O) groups is 3. The van der Waals surface area contributed by atoms with Crippen LogP contribution in [0.2, 0.25) is 0 Å². The summed E-state index contributed by atoms with van der Waals surface area (Å²) in [6.45, 7) is 2.78. The minimum Gasteiger partial charge on any atom is -0.452 e. The van der Waals surface area contributed by atoms with Crippen molar-refractivity contribution in [1.82, 2.24) is 10.2 Å². The minimum absolute atomic E-state index is 0.0529. The molecular formula is C17H21BrN2O6. The Bertz CT molecular complexity index is 664. The standard InChI is InChI=1S/C17H21BrN2O6/c1-2-24-17(23)20-9-7-12(8-10-20)19-15(21)11-25-16(22)6-4-13-3-5-14(18)26-13/h3-6,12H,2,7-11H2,1H3,(H,19,21)/b6-4+. The first kappa shape index (κ1) is 20.0. The number of amides is 2. The molecule has 9 heteroatoms. The van der Waals surface area contributed by atoms with Crippen LogP contribution in [0, 0.1) is 0 Å². The number of hydrogen-bond acceptors (Lipinski definition) is 6. The number of halogens is 1. The molecule has 1 aliphatic rings. The van der Waals surface area contributed by atoms with E-state index >= 15 is 0 Å². The van der Waals surface area contributed by atoms with Crippen molar-refractivity contribution in [2.45, 2.75) is 25.8 Å². The van der Waals surface area contributed by atoms with Crippen LogP contribution in [-0.2, 0) is 19.1 Å². The van der Waals surface area contributed by atoms with Crippen molar-refractivity contribution < 1.29 is 28.3 Å². The Kier molecular flexibility index (Phi) is 7.71. The number of hydrogen-bond donors (Lipinski definition) is 1. The highest BCUT2D eigenvalue weighted by Gasteiger charge is 2.24. The van der Waals surface area contributed by atoms with Crippen molar-refractivity contribution in [3.63, 3.8) is 0 Å². The maximum Gasteiger partial charge on any atom is 0.409 e. The van der Waals surface area contributed by atoms with Crippen LogP contribution in [0.5, 0.6) is 0 Å². The summed E-state index contributed by atoms with van der Waals surface area (Å²) >= 11 is 3.16. The fourth-order valence-electron chi connectivity index (χ4n) is 2.44. The van der Waals surface area contributed by atoms with E-state index < -0.39 is 5.97 Å². The lowest BCUT2D eigenvalue weighted by atomic mass is 10.1. The highest BCUT2D eigenvalue weighted by molar-refractivity contribution is 9.10. The number of ether oxygens (including phenoxy) is 2. The molecule has 1 N–H and O–H groups in total. The number of nitrogens with zero attached hydrogens (tertiary/aromatic N) is 1. The summed E-state index contributed by atoms with van der Waals surface area (Å²) in [4.78, 5) is 36.7. The van der Waals surface area contributed by atoms with Crippen LogP contribution in [0.4, 0.5) is 4.79 Å². The summed E-state index contributed by atoms with van der Waals surface area (Å²) in [6, 6.07) is 3.33. The molecule has 0 spiro atoms. The highest BCUT2D eigenvalue weighted by Crippen LogP contribution is 2.15. The fourth-order valence-corrected chi connectivity index (χ4v) is 2.76. The fraction of sp³-hybridized carbons (Fsp3) is 0.471. The number of furan rings is 1. The van der Waals surface area contributed by atoms with Crippen LogP contribution in [0.3, 0.4) is 0 Å². The molecule has 2 rings (SSSR count). The molecule has 8 nitrogen and oxygen atoms in total. The maximum absolute atomic E-state index is 11.9. The third-order valence-corrected chi connectivity index (χ3v) is 4.14. The first-order chi connectivity index (χ1) is 12.5. The van der Waals surface area contributed by atoms with Crippen LogP contribution in [0.15, 0.2) is 27.3 Å². The summed E-state index contributed by atoms with van der Waals surface area (Å²) in [5.41, 5.74) is 0. The number of rotatable bonds is 6. The molecule has 1 aromatic rings. The number of esters is 1. The van der Waals surface area contributed by atoms with Gasteiger partial charge in [0, 0.05) is 25.2 Å². The van der Waals surface area contributed by atoms with Gasteiger partial charge in [-0.1, -0.05) is 0 Å². The summed E-state index contributed by atoms with van der Waals surface area (Å²) in [5, 5.41) is 2.80. The maximum atomic E-state index is 11.9. The van der Waals surface area contributed by atoms with Crippen molar-refractivity contribution in [1.29, 1.82) is 0 Å². The zero-order valence-electron chi connectivity index (χ0n) is 14.4. The molecule has 2 heterocycles. The molecule has 0 saturated carbocycles. The van der Waals surface area contributed by atoms with Gasteiger partial charge in [0.15, 0.2) is 11.3 Å². The Morgan fingerprint density at radius 3 is 2.65 bits per heavy atom. The predicted molar refractivity (Wildman–Crippen MR) is 96.2 cm³/mol. The zero-order chi connectivity index (χ0) is 18.9. The Morgan fingerprint density at radius 2 is 2.04 bits per heavy atom. The van der Waals surface area contributed by atoms with Crippen LogP contribution in [0.1, 0.15) is 25.5 Å². The molecular weight excluding hydrogens is 408 g/mol. The topological polar surface area (TPSA) is 98.1 Å². The Labute approximate surface area is 159 Å². The number of likely N-dealkylation sites (tertiary alicyclic amines) is 1. The van der Waals surface area contributed by atoms with Gasteiger partial charge in [-0.2, -0.15) is 0 Å². The van der Waals surface area contributed by atoms with Crippen molar-refractivity contribution in [2.75, 3.05) is 26.3 Å². The Balaban J connectivity index is 1.65. The highest BCUT2D eigenvalue weighted by atomic mass is 79.9. The van der Waals surface area contributed by atoms with Gasteiger partial charge >= 0.3 is 12.1 Å². The first-order valence-corrected chi connectivity index (χ1v) is 9.08. The molecule has 0 aliphatic carbocycles. The van der Waals surface area contributed by atoms with Gasteiger partial charge in [0.1, 0.15) is 5.76 Å². The molecule has 0 unspecified atom stereocenters. The summed E-state index contributed by atoms with van der Waals surface area (Å²) in [7, 11) is 0. The molecule has 0 atom stereocenters. The predicted octanol–water partition coefficient (Wildman–Crippen LogP) is 2.34. The second kappa shape index (κ2) is 10.0. The molecule has 0 bridgehead atoms. The Hall–Kier alpha value is -2.29. The van der Waals surface area contributed by atoms with E-state index in [9.17, 15) is 14.4 Å². The van der Waals surface area contributed by atoms with Gasteiger partial charge in [-0.25, -0.2) is 9.59 Å². The summed E-state index contributed by atoms with van der Waals surface area (Å²) in [5.74, 6) is -0.515. The van der Waals surface area contributed by atoms with Gasteiger partial charge in [-0.05, 0) is 53.9 Å². The lowest BCUT2D eigenvalue weighted by Crippen LogP contribution is -2.47. The van der Waals surface area contributed by atoms with Crippen LogP contribution >= 0.6 is 15.9 Å². The monoisotopic (exact) mass is 428 g/mol. The average Bonchev–Trinajstić information content (AvgIpc) is 3.04. The lowest BCUT2D eigenvalue weighted by molar-refractivity contribution is -0.144. The Morgan fingerprint density at radius 1 is 1.31 bits per heavy atom. The van der Waals surface area contributed by atoms with Gasteiger partial charge in [0.25, 0.3) is 5.91 Å². The van der Waals surface area contributed by atoms with E-state index in [2.05, 4.69) is 21.2 Å². The first-order valence-electron chi connectivity index (χ1n) is 8.29. The van der Waals surface area contributed by atoms with E-state index in [-0.39, 0.29) is 24.6 Å². The van der Waals surface area contributed by atoms with Gasteiger partial charge in [-0.3, -0.25) is 4.79 Å². The largest absolute Gasteiger partial charge is 0.452 e. The van der Waals surface area contributed by atoms with Crippen LogP contribution < -0.4 is 5.32 Å². The molecule has 0 radical (unpaired) electrons. The lowest BCUT2D eigenvalue weighted by Gasteiger charge is -2.31. The van der Waals surface area contributed by atoms with E-state index in [1.165, 1.54) is 12.2 Å². The third kappa shape index (κ3) is 6.55. The molecule has 0 aromatic carbocycles. The number of nitrogens with one attached hydrogen (secondary N) is 1. The molecule has 1 fully saturated rings. The van der Waals surface area contributed by atoms with Crippen molar-refractivity contribution in [3.05, 3.63) is 28.6 Å². The van der Waals surface area contributed by atoms with Crippen LogP contribution in [0.25, 0.3) is 6.08 Å². The van der Waals surface area contributed by atoms with E-state index in [0.29, 0.717) is 43.0 Å². The number of carbonyl (C=O) groups excluding carboxylic acids is 3. The van der Waals surface area contributed by atoms with E-state index in [0.717, 1.165) is 0 Å². The SMILES string of the molecule is CCOC(=O)N1CCC(NC(=O)COC(=O)/C=C/c2ccc(Br)o2)CC1. The summed E-state index contributed by atoms with van der Waals surface area (Å²) < 4.78 is 15.6. The second-order valence-electron chi connectivity index (χ2n) is 5.61. The molecule has 1 aromatic heterocycles. The van der Waals surface area contributed by atoms with E-state index in [4.69, 9.17) is 13.9 Å². The molecule has 142 valence electrons. The zero-order valence-corrected chi connectivity index (χ0v) is 16.0. The van der Waals surface area contributed by atoms with E-state index in [1.54, 1.807) is 24.0 Å². The molecule has 1 saturated heterocycles. The van der Waals surface area contributed by atoms with Gasteiger partial charge in [0.05, 0.1) is 6.61 Å². The van der Waals surface area contributed by atoms with Crippen molar-refractivity contribution in [3.8, 4) is 0 Å². The average molecular weight is 429 g/mol. The molecule has 26 heavy (non-hydrogen) atoms. The normalized spacial score (nSPS) is 15.1. The van der Waals surface area contributed by atoms with Crippen molar-refractivity contribution in [2.24, 2.45) is 0 Å².